The Hall–Kier alpha value is -2.72. The summed E-state index contributed by atoms with van der Waals surface area (Å²) in [4.78, 5) is 26.5. The molecule has 0 saturated heterocycles. The van der Waals surface area contributed by atoms with Crippen LogP contribution < -0.4 is 0 Å². The van der Waals surface area contributed by atoms with Crippen molar-refractivity contribution >= 4 is 22.6 Å². The lowest BCUT2D eigenvalue weighted by molar-refractivity contribution is -0.384. The molecule has 2 aromatic rings. The Labute approximate surface area is 124 Å². The first-order valence-corrected chi connectivity index (χ1v) is 6.67. The number of non-ortho nitro benzene ring substituents is 1. The zero-order chi connectivity index (χ0) is 15.4. The normalized spacial score (nSPS) is 9.90. The Morgan fingerprint density at radius 3 is 2.81 bits per heavy atom. The Morgan fingerprint density at radius 2 is 2.14 bits per heavy atom. The standard InChI is InChI=1S/C14H9N3O3S/c1-9-5-6-11(8-15)13(16-9)21-14(18)10-3-2-4-12(7-10)17(19)20/h2-7H,1H3. The molecular formula is C14H9N3O3S. The van der Waals surface area contributed by atoms with E-state index in [9.17, 15) is 14.9 Å². The van der Waals surface area contributed by atoms with Crippen molar-refractivity contribution < 1.29 is 9.72 Å². The van der Waals surface area contributed by atoms with Gasteiger partial charge in [0.05, 0.1) is 10.5 Å². The van der Waals surface area contributed by atoms with Crippen LogP contribution in [-0.4, -0.2) is 15.0 Å². The van der Waals surface area contributed by atoms with Crippen molar-refractivity contribution in [1.29, 1.82) is 5.26 Å². The third-order valence-corrected chi connectivity index (χ3v) is 3.53. The summed E-state index contributed by atoms with van der Waals surface area (Å²) in [5, 5.41) is 19.6. The predicted octanol–water partition coefficient (Wildman–Crippen LogP) is 3.10. The van der Waals surface area contributed by atoms with E-state index in [0.29, 0.717) is 16.3 Å². The van der Waals surface area contributed by atoms with Crippen LogP contribution in [0.2, 0.25) is 0 Å². The third kappa shape index (κ3) is 3.43. The molecule has 0 bridgehead atoms. The largest absolute Gasteiger partial charge is 0.281 e. The Kier molecular flexibility index (Phi) is 4.30. The van der Waals surface area contributed by atoms with Gasteiger partial charge in [-0.3, -0.25) is 14.9 Å². The third-order valence-electron chi connectivity index (χ3n) is 2.60. The monoisotopic (exact) mass is 299 g/mol. The van der Waals surface area contributed by atoms with Gasteiger partial charge in [0.1, 0.15) is 11.1 Å². The highest BCUT2D eigenvalue weighted by atomic mass is 32.2. The summed E-state index contributed by atoms with van der Waals surface area (Å²) in [6.45, 7) is 1.75. The van der Waals surface area contributed by atoms with Gasteiger partial charge in [0.15, 0.2) is 0 Å². The summed E-state index contributed by atoms with van der Waals surface area (Å²) in [5.41, 5.74) is 1.02. The van der Waals surface area contributed by atoms with Crippen molar-refractivity contribution in [1.82, 2.24) is 4.98 Å². The SMILES string of the molecule is Cc1ccc(C#N)c(SC(=O)c2cccc([N+](=O)[O-])c2)n1. The van der Waals surface area contributed by atoms with Gasteiger partial charge in [-0.15, -0.1) is 0 Å². The van der Waals surface area contributed by atoms with Crippen LogP contribution in [-0.2, 0) is 0 Å². The van der Waals surface area contributed by atoms with Gasteiger partial charge in [0.2, 0.25) is 5.12 Å². The average Bonchev–Trinajstić information content (AvgIpc) is 2.47. The van der Waals surface area contributed by atoms with Crippen LogP contribution in [0.15, 0.2) is 41.4 Å². The number of pyridine rings is 1. The molecule has 0 amide bonds. The van der Waals surface area contributed by atoms with Gasteiger partial charge in [0.25, 0.3) is 5.69 Å². The van der Waals surface area contributed by atoms with Gasteiger partial charge >= 0.3 is 0 Å². The summed E-state index contributed by atoms with van der Waals surface area (Å²) < 4.78 is 0. The zero-order valence-electron chi connectivity index (χ0n) is 10.9. The molecule has 1 aromatic carbocycles. The molecule has 1 heterocycles. The van der Waals surface area contributed by atoms with E-state index in [0.717, 1.165) is 11.8 Å². The van der Waals surface area contributed by atoms with E-state index >= 15 is 0 Å². The summed E-state index contributed by atoms with van der Waals surface area (Å²) in [7, 11) is 0. The van der Waals surface area contributed by atoms with Gasteiger partial charge in [-0.25, -0.2) is 4.98 Å². The second-order valence-electron chi connectivity index (χ2n) is 4.11. The second kappa shape index (κ2) is 6.15. The first-order chi connectivity index (χ1) is 10.0. The summed E-state index contributed by atoms with van der Waals surface area (Å²) in [5.74, 6) is 0. The van der Waals surface area contributed by atoms with Crippen molar-refractivity contribution in [3.8, 4) is 6.07 Å². The van der Waals surface area contributed by atoms with E-state index in [-0.39, 0.29) is 11.3 Å². The van der Waals surface area contributed by atoms with Crippen LogP contribution in [0.25, 0.3) is 0 Å². The second-order valence-corrected chi connectivity index (χ2v) is 5.08. The van der Waals surface area contributed by atoms with E-state index in [1.807, 2.05) is 6.07 Å². The van der Waals surface area contributed by atoms with Gasteiger partial charge in [-0.05, 0) is 36.9 Å². The van der Waals surface area contributed by atoms with Crippen LogP contribution >= 0.6 is 11.8 Å². The average molecular weight is 299 g/mol. The molecule has 0 aliphatic carbocycles. The number of nitro benzene ring substituents is 1. The van der Waals surface area contributed by atoms with Gasteiger partial charge in [0, 0.05) is 23.4 Å². The Bertz CT molecular complexity index is 768. The fourth-order valence-electron chi connectivity index (χ4n) is 1.59. The van der Waals surface area contributed by atoms with Crippen LogP contribution in [0.3, 0.4) is 0 Å². The van der Waals surface area contributed by atoms with Crippen LogP contribution in [0.1, 0.15) is 21.6 Å². The highest BCUT2D eigenvalue weighted by Crippen LogP contribution is 2.26. The minimum atomic E-state index is -0.562. The summed E-state index contributed by atoms with van der Waals surface area (Å²) in [6.07, 6.45) is 0. The van der Waals surface area contributed by atoms with Gasteiger partial charge in [-0.1, -0.05) is 6.07 Å². The molecule has 0 spiro atoms. The number of hydrogen-bond donors (Lipinski definition) is 0. The lowest BCUT2D eigenvalue weighted by Gasteiger charge is -2.03. The molecule has 0 unspecified atom stereocenters. The molecule has 104 valence electrons. The lowest BCUT2D eigenvalue weighted by atomic mass is 10.2. The van der Waals surface area contributed by atoms with E-state index in [4.69, 9.17) is 5.26 Å². The summed E-state index contributed by atoms with van der Waals surface area (Å²) >= 11 is 0.787. The first kappa shape index (κ1) is 14.7. The van der Waals surface area contributed by atoms with Crippen LogP contribution in [0.5, 0.6) is 0 Å². The zero-order valence-corrected chi connectivity index (χ0v) is 11.8. The maximum atomic E-state index is 12.2. The number of thioether (sulfide) groups is 1. The number of aromatic nitrogens is 1. The van der Waals surface area contributed by atoms with Crippen molar-refractivity contribution in [2.24, 2.45) is 0 Å². The number of nitriles is 1. The number of carbonyl (C=O) groups is 1. The minimum absolute atomic E-state index is 0.154. The molecule has 7 heteroatoms. The minimum Gasteiger partial charge on any atom is -0.281 e. The molecule has 2 rings (SSSR count). The molecular weight excluding hydrogens is 290 g/mol. The number of carbonyl (C=O) groups excluding carboxylic acids is 1. The van der Waals surface area contributed by atoms with Crippen molar-refractivity contribution in [2.75, 3.05) is 0 Å². The highest BCUT2D eigenvalue weighted by Gasteiger charge is 2.15. The van der Waals surface area contributed by atoms with E-state index < -0.39 is 10.0 Å². The quantitative estimate of drug-likeness (QED) is 0.490. The maximum Gasteiger partial charge on any atom is 0.270 e. The molecule has 0 fully saturated rings. The first-order valence-electron chi connectivity index (χ1n) is 5.85. The number of aryl methyl sites for hydroxylation is 1. The smallest absolute Gasteiger partial charge is 0.270 e. The van der Waals surface area contributed by atoms with Gasteiger partial charge in [-0.2, -0.15) is 5.26 Å². The molecule has 0 N–H and O–H groups in total. The number of nitro groups is 1. The molecule has 0 saturated carbocycles. The van der Waals surface area contributed by atoms with Crippen molar-refractivity contribution in [3.63, 3.8) is 0 Å². The topological polar surface area (TPSA) is 96.9 Å². The lowest BCUT2D eigenvalue weighted by Crippen LogP contribution is -1.98. The molecule has 0 atom stereocenters. The Balaban J connectivity index is 2.30. The fraction of sp³-hybridized carbons (Fsp3) is 0.0714. The van der Waals surface area contributed by atoms with E-state index in [1.54, 1.807) is 19.1 Å². The summed E-state index contributed by atoms with van der Waals surface area (Å²) in [6, 6.07) is 10.7. The predicted molar refractivity (Wildman–Crippen MR) is 77.0 cm³/mol. The number of rotatable bonds is 3. The Morgan fingerprint density at radius 1 is 1.38 bits per heavy atom. The van der Waals surface area contributed by atoms with Gasteiger partial charge < -0.3 is 0 Å². The van der Waals surface area contributed by atoms with Crippen LogP contribution in [0, 0.1) is 28.4 Å². The number of nitrogens with zero attached hydrogens (tertiary/aromatic N) is 3. The maximum absolute atomic E-state index is 12.2. The molecule has 6 nitrogen and oxygen atoms in total. The number of hydrogen-bond acceptors (Lipinski definition) is 6. The highest BCUT2D eigenvalue weighted by molar-refractivity contribution is 8.14. The molecule has 0 aliphatic heterocycles. The van der Waals surface area contributed by atoms with E-state index in [1.165, 1.54) is 24.3 Å². The number of benzene rings is 1. The fourth-order valence-corrected chi connectivity index (χ4v) is 2.42. The van der Waals surface area contributed by atoms with Crippen LogP contribution in [0.4, 0.5) is 5.69 Å². The van der Waals surface area contributed by atoms with Crippen molar-refractivity contribution in [2.45, 2.75) is 11.9 Å². The molecule has 0 aliphatic rings. The molecule has 1 aromatic heterocycles. The molecule has 0 radical (unpaired) electrons. The van der Waals surface area contributed by atoms with E-state index in [2.05, 4.69) is 4.98 Å². The molecule has 21 heavy (non-hydrogen) atoms. The van der Waals surface area contributed by atoms with Crippen molar-refractivity contribution in [3.05, 3.63) is 63.3 Å².